The first-order valence-electron chi connectivity index (χ1n) is 10.9. The molecule has 0 unspecified atom stereocenters. The van der Waals surface area contributed by atoms with E-state index in [0.717, 1.165) is 27.8 Å². The molecule has 5 nitrogen and oxygen atoms in total. The molecule has 0 bridgehead atoms. The van der Waals surface area contributed by atoms with Crippen molar-refractivity contribution < 1.29 is 22.9 Å². The molecule has 0 aliphatic rings. The lowest BCUT2D eigenvalue weighted by Crippen LogP contribution is -2.02. The van der Waals surface area contributed by atoms with Gasteiger partial charge in [0.1, 0.15) is 0 Å². The van der Waals surface area contributed by atoms with Crippen molar-refractivity contribution in [1.29, 1.82) is 0 Å². The van der Waals surface area contributed by atoms with Crippen LogP contribution in [0.15, 0.2) is 47.4 Å². The van der Waals surface area contributed by atoms with Crippen LogP contribution in [0, 0.1) is 62.3 Å². The first-order valence-corrected chi connectivity index (χ1v) is 12.4. The van der Waals surface area contributed by atoms with Crippen LogP contribution in [0.2, 0.25) is 0 Å². The fraction of sp³-hybridized carbons (Fsp3) is 0.345. The molecule has 0 radical (unpaired) electrons. The van der Waals surface area contributed by atoms with Crippen molar-refractivity contribution in [2.24, 2.45) is 0 Å². The van der Waals surface area contributed by atoms with Gasteiger partial charge < -0.3 is 5.11 Å². The van der Waals surface area contributed by atoms with Crippen molar-refractivity contribution in [2.45, 2.75) is 74.6 Å². The summed E-state index contributed by atoms with van der Waals surface area (Å²) < 4.78 is 30.6. The lowest BCUT2D eigenvalue weighted by molar-refractivity contribution is 0.0696. The molecule has 3 aromatic rings. The summed E-state index contributed by atoms with van der Waals surface area (Å²) in [6, 6.07) is 13.4. The minimum absolute atomic E-state index is 0. The zero-order valence-corrected chi connectivity index (χ0v) is 22.4. The van der Waals surface area contributed by atoms with E-state index in [0.29, 0.717) is 11.1 Å². The Labute approximate surface area is 211 Å². The van der Waals surface area contributed by atoms with Crippen LogP contribution in [-0.2, 0) is 10.1 Å². The van der Waals surface area contributed by atoms with Crippen LogP contribution in [0.1, 0.15) is 67.9 Å². The fourth-order valence-electron chi connectivity index (χ4n) is 3.29. The highest BCUT2D eigenvalue weighted by Crippen LogP contribution is 2.19. The first kappa shape index (κ1) is 32.0. The van der Waals surface area contributed by atoms with Crippen LogP contribution < -0.4 is 0 Å². The van der Waals surface area contributed by atoms with Crippen molar-refractivity contribution in [1.82, 2.24) is 0 Å². The van der Waals surface area contributed by atoms with Gasteiger partial charge in [0.15, 0.2) is 0 Å². The van der Waals surface area contributed by atoms with E-state index in [4.69, 9.17) is 9.66 Å². The Kier molecular flexibility index (Phi) is 12.1. The normalized spacial score (nSPS) is 10.2. The molecule has 35 heavy (non-hydrogen) atoms. The van der Waals surface area contributed by atoms with E-state index in [-0.39, 0.29) is 12.3 Å². The summed E-state index contributed by atoms with van der Waals surface area (Å²) >= 11 is 0. The number of aromatic carboxylic acids is 1. The lowest BCUT2D eigenvalue weighted by Gasteiger charge is -2.06. The molecule has 0 heterocycles. The maximum Gasteiger partial charge on any atom is 0.335 e. The fourth-order valence-corrected chi connectivity index (χ4v) is 4.09. The molecule has 0 amide bonds. The van der Waals surface area contributed by atoms with E-state index in [1.165, 1.54) is 22.8 Å². The maximum atomic E-state index is 10.9. The standard InChI is InChI=1S/C10H12O2.C9H12O3S.C9H12.CH4/c1-6-4-8(3)9(10(11)12)5-7(6)2;1-6-4-8(3)9(5-7(6)2)13(10,11)12;1-7-4-5-8(2)9(3)6-7;/h4-5H,1-3H3,(H,11,12);4-5H,1-3H3,(H,10,11,12);4-6H,1-3H3;1H4. The summed E-state index contributed by atoms with van der Waals surface area (Å²) in [5, 5.41) is 8.78. The minimum atomic E-state index is -4.07. The number of carboxylic acids is 1. The van der Waals surface area contributed by atoms with Gasteiger partial charge in [-0.1, -0.05) is 43.3 Å². The minimum Gasteiger partial charge on any atom is -0.478 e. The SMILES string of the molecule is C.Cc1cc(C)c(C(=O)O)cc1C.Cc1cc(C)c(S(=O)(=O)O)cc1C.Cc1ccc(C)c(C)c1. The van der Waals surface area contributed by atoms with Gasteiger partial charge in [-0.3, -0.25) is 4.55 Å². The molecule has 0 saturated heterocycles. The highest BCUT2D eigenvalue weighted by molar-refractivity contribution is 7.85. The van der Waals surface area contributed by atoms with Crippen LogP contribution in [0.3, 0.4) is 0 Å². The van der Waals surface area contributed by atoms with Crippen LogP contribution in [-0.4, -0.2) is 24.0 Å². The lowest BCUT2D eigenvalue weighted by atomic mass is 10.0. The van der Waals surface area contributed by atoms with Crippen LogP contribution in [0.25, 0.3) is 0 Å². The van der Waals surface area contributed by atoms with Gasteiger partial charge in [-0.15, -0.1) is 0 Å². The second-order valence-corrected chi connectivity index (χ2v) is 10.2. The van der Waals surface area contributed by atoms with Crippen LogP contribution in [0.5, 0.6) is 0 Å². The smallest absolute Gasteiger partial charge is 0.335 e. The zero-order valence-electron chi connectivity index (χ0n) is 21.6. The van der Waals surface area contributed by atoms with Crippen LogP contribution in [0.4, 0.5) is 0 Å². The summed E-state index contributed by atoms with van der Waals surface area (Å²) in [7, 11) is -4.07. The third kappa shape index (κ3) is 9.67. The van der Waals surface area contributed by atoms with Gasteiger partial charge in [0.2, 0.25) is 0 Å². The monoisotopic (exact) mass is 500 g/mol. The van der Waals surface area contributed by atoms with Gasteiger partial charge in [0, 0.05) is 0 Å². The van der Waals surface area contributed by atoms with Crippen molar-refractivity contribution in [3.05, 3.63) is 98.1 Å². The maximum absolute atomic E-state index is 10.9. The van der Waals surface area contributed by atoms with Crippen LogP contribution >= 0.6 is 0 Å². The summed E-state index contributed by atoms with van der Waals surface area (Å²) in [6.45, 7) is 17.5. The van der Waals surface area contributed by atoms with Crippen molar-refractivity contribution in [3.63, 3.8) is 0 Å². The van der Waals surface area contributed by atoms with E-state index in [1.54, 1.807) is 19.1 Å². The number of rotatable bonds is 2. The predicted octanol–water partition coefficient (Wildman–Crippen LogP) is 7.42. The van der Waals surface area contributed by atoms with E-state index in [9.17, 15) is 13.2 Å². The van der Waals surface area contributed by atoms with Gasteiger partial charge in [0.25, 0.3) is 10.1 Å². The van der Waals surface area contributed by atoms with E-state index < -0.39 is 16.1 Å². The Balaban J connectivity index is 0.000000496. The molecule has 0 aliphatic heterocycles. The Morgan fingerprint density at radius 2 is 1.03 bits per heavy atom. The average molecular weight is 501 g/mol. The van der Waals surface area contributed by atoms with Crippen molar-refractivity contribution >= 4 is 16.1 Å². The molecule has 0 atom stereocenters. The molecule has 3 rings (SSSR count). The zero-order chi connectivity index (χ0) is 26.4. The topological polar surface area (TPSA) is 91.7 Å². The van der Waals surface area contributed by atoms with Gasteiger partial charge in [-0.25, -0.2) is 4.79 Å². The highest BCUT2D eigenvalue weighted by atomic mass is 32.2. The van der Waals surface area contributed by atoms with E-state index in [1.807, 2.05) is 40.7 Å². The molecule has 2 N–H and O–H groups in total. The Hall–Kier alpha value is -2.96. The number of aryl methyl sites for hydroxylation is 9. The van der Waals surface area contributed by atoms with Gasteiger partial charge >= 0.3 is 5.97 Å². The average Bonchev–Trinajstić information content (AvgIpc) is 2.70. The number of benzene rings is 3. The number of carboxylic acid groups (broad SMARTS) is 1. The molecule has 0 aromatic heterocycles. The van der Waals surface area contributed by atoms with Gasteiger partial charge in [0.05, 0.1) is 10.5 Å². The quantitative estimate of drug-likeness (QED) is 0.357. The van der Waals surface area contributed by atoms with Crippen molar-refractivity contribution in [2.75, 3.05) is 0 Å². The van der Waals surface area contributed by atoms with E-state index in [2.05, 4.69) is 39.0 Å². The number of hydrogen-bond acceptors (Lipinski definition) is 3. The van der Waals surface area contributed by atoms with Gasteiger partial charge in [-0.2, -0.15) is 8.42 Å². The Bertz CT molecular complexity index is 1290. The highest BCUT2D eigenvalue weighted by Gasteiger charge is 2.13. The summed E-state index contributed by atoms with van der Waals surface area (Å²) in [6.07, 6.45) is 0. The number of carbonyl (C=O) groups is 1. The second kappa shape index (κ2) is 13.2. The molecule has 0 aliphatic carbocycles. The molecule has 192 valence electrons. The van der Waals surface area contributed by atoms with E-state index >= 15 is 0 Å². The summed E-state index contributed by atoms with van der Waals surface area (Å²) in [5.41, 5.74) is 9.95. The summed E-state index contributed by atoms with van der Waals surface area (Å²) in [4.78, 5) is 10.7. The first-order chi connectivity index (χ1) is 15.5. The second-order valence-electron chi connectivity index (χ2n) is 8.82. The van der Waals surface area contributed by atoms with Gasteiger partial charge in [-0.05, 0) is 119 Å². The van der Waals surface area contributed by atoms with Crippen molar-refractivity contribution in [3.8, 4) is 0 Å². The Morgan fingerprint density at radius 3 is 1.46 bits per heavy atom. The molecular formula is C29H40O5S. The molecule has 0 saturated carbocycles. The molecule has 0 fully saturated rings. The third-order valence-corrected chi connectivity index (χ3v) is 6.80. The third-order valence-electron chi connectivity index (χ3n) is 5.80. The molecule has 3 aromatic carbocycles. The Morgan fingerprint density at radius 1 is 0.600 bits per heavy atom. The molecule has 0 spiro atoms. The predicted molar refractivity (Wildman–Crippen MR) is 145 cm³/mol. The molecule has 6 heteroatoms. The largest absolute Gasteiger partial charge is 0.478 e. The summed E-state index contributed by atoms with van der Waals surface area (Å²) in [5.74, 6) is -0.851. The number of hydrogen-bond donors (Lipinski definition) is 2. The molecular weight excluding hydrogens is 460 g/mol.